The van der Waals surface area contributed by atoms with Gasteiger partial charge < -0.3 is 9.47 Å². The van der Waals surface area contributed by atoms with Crippen molar-refractivity contribution < 1.29 is 9.47 Å². The first-order chi connectivity index (χ1) is 4.85. The van der Waals surface area contributed by atoms with Crippen LogP contribution in [0.4, 0.5) is 0 Å². The van der Waals surface area contributed by atoms with E-state index in [9.17, 15) is 0 Å². The maximum atomic E-state index is 5.23. The molecule has 0 aliphatic carbocycles. The van der Waals surface area contributed by atoms with E-state index in [1.807, 2.05) is 13.5 Å². The first kappa shape index (κ1) is 9.92. The van der Waals surface area contributed by atoms with Crippen LogP contribution in [-0.2, 0) is 9.47 Å². The predicted octanol–water partition coefficient (Wildman–Crippen LogP) is 2.35. The lowest BCUT2D eigenvalue weighted by Crippen LogP contribution is -2.11. The van der Waals surface area contributed by atoms with Crippen molar-refractivity contribution in [2.75, 3.05) is 7.11 Å². The molecule has 0 N–H and O–H groups in total. The quantitative estimate of drug-likeness (QED) is 0.422. The van der Waals surface area contributed by atoms with Crippen LogP contribution in [0.5, 0.6) is 0 Å². The molecule has 0 saturated heterocycles. The summed E-state index contributed by atoms with van der Waals surface area (Å²) >= 11 is 0. The van der Waals surface area contributed by atoms with E-state index in [0.717, 1.165) is 19.3 Å². The maximum absolute atomic E-state index is 5.23. The summed E-state index contributed by atoms with van der Waals surface area (Å²) in [5.41, 5.74) is 0. The van der Waals surface area contributed by atoms with Gasteiger partial charge in [0.25, 0.3) is 0 Å². The molecule has 0 rings (SSSR count). The number of hydrogen-bond acceptors (Lipinski definition) is 2. The third kappa shape index (κ3) is 4.77. The van der Waals surface area contributed by atoms with Gasteiger partial charge in [-0.1, -0.05) is 20.3 Å². The molecular formula is C8H17O2. The zero-order chi connectivity index (χ0) is 7.82. The fraction of sp³-hybridized carbons (Fsp3) is 0.875. The van der Waals surface area contributed by atoms with Gasteiger partial charge >= 0.3 is 0 Å². The Morgan fingerprint density at radius 1 is 1.40 bits per heavy atom. The van der Waals surface area contributed by atoms with Gasteiger partial charge in [0, 0.05) is 7.11 Å². The van der Waals surface area contributed by atoms with Crippen molar-refractivity contribution in [1.29, 1.82) is 0 Å². The van der Waals surface area contributed by atoms with E-state index in [-0.39, 0.29) is 6.29 Å². The highest BCUT2D eigenvalue weighted by atomic mass is 16.7. The Morgan fingerprint density at radius 3 is 2.50 bits per heavy atom. The highest BCUT2D eigenvalue weighted by molar-refractivity contribution is 4.50. The van der Waals surface area contributed by atoms with Crippen molar-refractivity contribution in [3.8, 4) is 0 Å². The molecule has 0 spiro atoms. The van der Waals surface area contributed by atoms with Gasteiger partial charge in [-0.25, -0.2) is 0 Å². The maximum Gasteiger partial charge on any atom is 0.157 e. The van der Waals surface area contributed by atoms with Crippen LogP contribution in [0.25, 0.3) is 0 Å². The minimum atomic E-state index is -0.0495. The summed E-state index contributed by atoms with van der Waals surface area (Å²) in [6.07, 6.45) is 2.98. The van der Waals surface area contributed by atoms with Crippen molar-refractivity contribution in [3.63, 3.8) is 0 Å². The van der Waals surface area contributed by atoms with E-state index in [4.69, 9.17) is 9.47 Å². The van der Waals surface area contributed by atoms with E-state index >= 15 is 0 Å². The SMILES string of the molecule is CCC[CH]OC(CC)OC. The Labute approximate surface area is 63.5 Å². The minimum absolute atomic E-state index is 0.0495. The molecule has 0 bridgehead atoms. The molecule has 1 atom stereocenters. The highest BCUT2D eigenvalue weighted by Gasteiger charge is 2.01. The minimum Gasteiger partial charge on any atom is -0.356 e. The Bertz CT molecular complexity index is 60.3. The molecule has 61 valence electrons. The highest BCUT2D eigenvalue weighted by Crippen LogP contribution is 2.03. The molecule has 10 heavy (non-hydrogen) atoms. The Morgan fingerprint density at radius 2 is 2.10 bits per heavy atom. The van der Waals surface area contributed by atoms with Crippen LogP contribution < -0.4 is 0 Å². The second kappa shape index (κ2) is 7.03. The fourth-order valence-corrected chi connectivity index (χ4v) is 0.612. The van der Waals surface area contributed by atoms with Gasteiger partial charge in [-0.15, -0.1) is 0 Å². The van der Waals surface area contributed by atoms with Gasteiger partial charge in [0.05, 0.1) is 6.61 Å². The summed E-state index contributed by atoms with van der Waals surface area (Å²) in [4.78, 5) is 0. The Balaban J connectivity index is 3.09. The monoisotopic (exact) mass is 145 g/mol. The smallest absolute Gasteiger partial charge is 0.157 e. The molecule has 2 nitrogen and oxygen atoms in total. The zero-order valence-corrected chi connectivity index (χ0v) is 7.09. The van der Waals surface area contributed by atoms with Crippen LogP contribution in [0.2, 0.25) is 0 Å². The van der Waals surface area contributed by atoms with Gasteiger partial charge in [0.2, 0.25) is 0 Å². The Kier molecular flexibility index (Phi) is 6.98. The summed E-state index contributed by atoms with van der Waals surface area (Å²) in [6.45, 7) is 5.97. The third-order valence-electron chi connectivity index (χ3n) is 1.25. The number of unbranched alkanes of at least 4 members (excludes halogenated alkanes) is 1. The van der Waals surface area contributed by atoms with Gasteiger partial charge in [-0.3, -0.25) is 0 Å². The van der Waals surface area contributed by atoms with Crippen molar-refractivity contribution in [1.82, 2.24) is 0 Å². The lowest BCUT2D eigenvalue weighted by atomic mass is 10.4. The molecule has 0 heterocycles. The second-order valence-corrected chi connectivity index (χ2v) is 2.16. The van der Waals surface area contributed by atoms with Gasteiger partial charge in [0.1, 0.15) is 0 Å². The average Bonchev–Trinajstić information content (AvgIpc) is 1.99. The fourth-order valence-electron chi connectivity index (χ4n) is 0.612. The number of rotatable bonds is 6. The molecule has 0 aliphatic rings. The zero-order valence-electron chi connectivity index (χ0n) is 7.09. The number of hydrogen-bond donors (Lipinski definition) is 0. The van der Waals surface area contributed by atoms with Crippen LogP contribution in [0.3, 0.4) is 0 Å². The van der Waals surface area contributed by atoms with Crippen molar-refractivity contribution in [3.05, 3.63) is 6.61 Å². The summed E-state index contributed by atoms with van der Waals surface area (Å²) < 4.78 is 10.2. The molecule has 0 aromatic carbocycles. The van der Waals surface area contributed by atoms with E-state index in [1.54, 1.807) is 7.11 Å². The first-order valence-electron chi connectivity index (χ1n) is 3.85. The van der Waals surface area contributed by atoms with Crippen LogP contribution in [0.1, 0.15) is 33.1 Å². The summed E-state index contributed by atoms with van der Waals surface area (Å²) in [5.74, 6) is 0. The summed E-state index contributed by atoms with van der Waals surface area (Å²) in [7, 11) is 1.66. The van der Waals surface area contributed by atoms with E-state index in [2.05, 4.69) is 6.92 Å². The number of ether oxygens (including phenoxy) is 2. The lowest BCUT2D eigenvalue weighted by Gasteiger charge is -2.12. The van der Waals surface area contributed by atoms with Gasteiger partial charge in [0.15, 0.2) is 6.29 Å². The van der Waals surface area contributed by atoms with Crippen molar-refractivity contribution in [2.45, 2.75) is 39.4 Å². The molecule has 0 aromatic rings. The molecule has 0 amide bonds. The Hall–Kier alpha value is -0.0800. The van der Waals surface area contributed by atoms with Crippen LogP contribution in [0, 0.1) is 6.61 Å². The third-order valence-corrected chi connectivity index (χ3v) is 1.25. The predicted molar refractivity (Wildman–Crippen MR) is 41.4 cm³/mol. The first-order valence-corrected chi connectivity index (χ1v) is 3.85. The van der Waals surface area contributed by atoms with E-state index < -0.39 is 0 Å². The topological polar surface area (TPSA) is 18.5 Å². The van der Waals surface area contributed by atoms with E-state index in [1.165, 1.54) is 0 Å². The second-order valence-electron chi connectivity index (χ2n) is 2.16. The number of methoxy groups -OCH3 is 1. The lowest BCUT2D eigenvalue weighted by molar-refractivity contribution is -0.102. The molecule has 1 radical (unpaired) electrons. The molecule has 0 saturated carbocycles. The van der Waals surface area contributed by atoms with Crippen LogP contribution in [0.15, 0.2) is 0 Å². The van der Waals surface area contributed by atoms with Crippen molar-refractivity contribution >= 4 is 0 Å². The van der Waals surface area contributed by atoms with Crippen LogP contribution in [-0.4, -0.2) is 13.4 Å². The van der Waals surface area contributed by atoms with Gasteiger partial charge in [-0.05, 0) is 12.8 Å². The normalized spacial score (nSPS) is 13.5. The molecule has 0 fully saturated rings. The summed E-state index contributed by atoms with van der Waals surface area (Å²) in [5, 5.41) is 0. The standard InChI is InChI=1S/C8H17O2/c1-4-6-7-10-8(5-2)9-3/h7-8H,4-6H2,1-3H3. The van der Waals surface area contributed by atoms with E-state index in [0.29, 0.717) is 0 Å². The molecule has 0 aromatic heterocycles. The van der Waals surface area contributed by atoms with Gasteiger partial charge in [-0.2, -0.15) is 0 Å². The van der Waals surface area contributed by atoms with Crippen molar-refractivity contribution in [2.24, 2.45) is 0 Å². The molecule has 1 unspecified atom stereocenters. The van der Waals surface area contributed by atoms with Crippen LogP contribution >= 0.6 is 0 Å². The summed E-state index contributed by atoms with van der Waals surface area (Å²) in [6, 6.07) is 0. The molecular weight excluding hydrogens is 128 g/mol. The average molecular weight is 145 g/mol. The molecule has 2 heteroatoms. The molecule has 0 aliphatic heterocycles. The largest absolute Gasteiger partial charge is 0.356 e.